The Labute approximate surface area is 86.9 Å². The average molecular weight is 208 g/mol. The maximum atomic E-state index is 11.2. The van der Waals surface area contributed by atoms with Crippen molar-refractivity contribution in [2.75, 3.05) is 5.32 Å². The Balaban J connectivity index is 2.47. The van der Waals surface area contributed by atoms with Crippen LogP contribution in [0.4, 0.5) is 5.69 Å². The van der Waals surface area contributed by atoms with Gasteiger partial charge >= 0.3 is 0 Å². The van der Waals surface area contributed by atoms with Crippen LogP contribution in [0.15, 0.2) is 30.3 Å². The van der Waals surface area contributed by atoms with E-state index in [2.05, 4.69) is 5.32 Å². The molecule has 4 N–H and O–H groups in total. The number of para-hydroxylation sites is 1. The Morgan fingerprint density at radius 3 is 2.47 bits per heavy atom. The molecule has 1 rings (SSSR count). The smallest absolute Gasteiger partial charge is 0.246 e. The zero-order valence-electron chi connectivity index (χ0n) is 8.01. The maximum absolute atomic E-state index is 11.2. The summed E-state index contributed by atoms with van der Waals surface area (Å²) in [5.41, 5.74) is 5.42. The van der Waals surface area contributed by atoms with Gasteiger partial charge in [-0.1, -0.05) is 18.2 Å². The number of nitrogens with two attached hydrogens (primary N) is 1. The number of carbonyl (C=O) groups excluding carboxylic acids is 2. The lowest BCUT2D eigenvalue weighted by atomic mass is 10.2. The first-order valence-electron chi connectivity index (χ1n) is 4.42. The summed E-state index contributed by atoms with van der Waals surface area (Å²) in [7, 11) is 0. The Bertz CT molecular complexity index is 351. The van der Waals surface area contributed by atoms with Gasteiger partial charge in [-0.25, -0.2) is 0 Å². The van der Waals surface area contributed by atoms with Crippen LogP contribution in [0.1, 0.15) is 6.42 Å². The van der Waals surface area contributed by atoms with Crippen LogP contribution < -0.4 is 11.1 Å². The van der Waals surface area contributed by atoms with Crippen LogP contribution in [0.25, 0.3) is 0 Å². The van der Waals surface area contributed by atoms with Crippen molar-refractivity contribution in [1.29, 1.82) is 0 Å². The molecule has 1 aromatic rings. The number of rotatable bonds is 4. The minimum Gasteiger partial charge on any atom is -0.383 e. The molecule has 15 heavy (non-hydrogen) atoms. The maximum Gasteiger partial charge on any atom is 0.246 e. The second-order valence-corrected chi connectivity index (χ2v) is 3.04. The summed E-state index contributed by atoms with van der Waals surface area (Å²) in [6, 6.07) is 8.75. The second kappa shape index (κ2) is 5.11. The fourth-order valence-corrected chi connectivity index (χ4v) is 1.01. The number of primary amides is 1. The largest absolute Gasteiger partial charge is 0.383 e. The molecule has 1 unspecified atom stereocenters. The van der Waals surface area contributed by atoms with Crippen LogP contribution in [-0.4, -0.2) is 23.0 Å². The van der Waals surface area contributed by atoms with Gasteiger partial charge in [-0.15, -0.1) is 0 Å². The molecule has 5 heteroatoms. The van der Waals surface area contributed by atoms with Crippen molar-refractivity contribution >= 4 is 17.5 Å². The van der Waals surface area contributed by atoms with Crippen molar-refractivity contribution in [1.82, 2.24) is 0 Å². The Morgan fingerprint density at radius 2 is 1.93 bits per heavy atom. The standard InChI is InChI=1S/C10H12N2O3/c11-10(15)8(13)6-9(14)12-7-4-2-1-3-5-7/h1-5,8,13H,6H2,(H2,11,15)(H,12,14). The van der Waals surface area contributed by atoms with Gasteiger partial charge in [0.15, 0.2) is 0 Å². The van der Waals surface area contributed by atoms with E-state index < -0.39 is 17.9 Å². The van der Waals surface area contributed by atoms with Crippen LogP contribution in [-0.2, 0) is 9.59 Å². The monoisotopic (exact) mass is 208 g/mol. The molecular weight excluding hydrogens is 196 g/mol. The number of aliphatic hydroxyl groups is 1. The van der Waals surface area contributed by atoms with Crippen LogP contribution in [0.3, 0.4) is 0 Å². The number of hydrogen-bond donors (Lipinski definition) is 3. The summed E-state index contributed by atoms with van der Waals surface area (Å²) < 4.78 is 0. The van der Waals surface area contributed by atoms with Gasteiger partial charge in [0.05, 0.1) is 6.42 Å². The average Bonchev–Trinajstić information content (AvgIpc) is 2.18. The highest BCUT2D eigenvalue weighted by molar-refractivity contribution is 5.94. The zero-order valence-corrected chi connectivity index (χ0v) is 8.01. The van der Waals surface area contributed by atoms with Crippen molar-refractivity contribution in [2.24, 2.45) is 5.73 Å². The Morgan fingerprint density at radius 1 is 1.33 bits per heavy atom. The van der Waals surface area contributed by atoms with Crippen LogP contribution >= 0.6 is 0 Å². The quantitative estimate of drug-likeness (QED) is 0.643. The molecule has 0 aliphatic heterocycles. The van der Waals surface area contributed by atoms with Gasteiger partial charge in [-0.05, 0) is 12.1 Å². The third kappa shape index (κ3) is 3.78. The van der Waals surface area contributed by atoms with E-state index in [1.54, 1.807) is 24.3 Å². The molecule has 5 nitrogen and oxygen atoms in total. The van der Waals surface area contributed by atoms with E-state index >= 15 is 0 Å². The van der Waals surface area contributed by atoms with Crippen molar-refractivity contribution in [2.45, 2.75) is 12.5 Å². The van der Waals surface area contributed by atoms with Crippen molar-refractivity contribution in [3.63, 3.8) is 0 Å². The lowest BCUT2D eigenvalue weighted by Gasteiger charge is -2.07. The highest BCUT2D eigenvalue weighted by Crippen LogP contribution is 2.05. The molecule has 0 saturated heterocycles. The number of hydrogen-bond acceptors (Lipinski definition) is 3. The molecule has 1 atom stereocenters. The number of amides is 2. The van der Waals surface area contributed by atoms with Crippen LogP contribution in [0.2, 0.25) is 0 Å². The fraction of sp³-hybridized carbons (Fsp3) is 0.200. The molecule has 0 heterocycles. The summed E-state index contributed by atoms with van der Waals surface area (Å²) >= 11 is 0. The topological polar surface area (TPSA) is 92.4 Å². The molecule has 0 saturated carbocycles. The van der Waals surface area contributed by atoms with E-state index in [1.165, 1.54) is 0 Å². The molecule has 0 aliphatic carbocycles. The molecule has 0 bridgehead atoms. The van der Waals surface area contributed by atoms with Gasteiger partial charge in [-0.2, -0.15) is 0 Å². The van der Waals surface area contributed by atoms with E-state index in [0.717, 1.165) is 0 Å². The first kappa shape index (κ1) is 11.2. The molecule has 2 amide bonds. The van der Waals surface area contributed by atoms with Gasteiger partial charge in [0, 0.05) is 5.69 Å². The summed E-state index contributed by atoms with van der Waals surface area (Å²) in [6.45, 7) is 0. The molecule has 0 aliphatic rings. The highest BCUT2D eigenvalue weighted by atomic mass is 16.3. The molecular formula is C10H12N2O3. The molecule has 80 valence electrons. The normalized spacial score (nSPS) is 11.8. The molecule has 0 fully saturated rings. The van der Waals surface area contributed by atoms with E-state index in [9.17, 15) is 9.59 Å². The lowest BCUT2D eigenvalue weighted by Crippen LogP contribution is -2.32. The van der Waals surface area contributed by atoms with Gasteiger partial charge in [-0.3, -0.25) is 9.59 Å². The third-order valence-electron chi connectivity index (χ3n) is 1.76. The van der Waals surface area contributed by atoms with Gasteiger partial charge < -0.3 is 16.2 Å². The van der Waals surface area contributed by atoms with Crippen molar-refractivity contribution in [3.8, 4) is 0 Å². The minimum absolute atomic E-state index is 0.329. The fourth-order valence-electron chi connectivity index (χ4n) is 1.01. The first-order valence-corrected chi connectivity index (χ1v) is 4.42. The molecule has 0 aromatic heterocycles. The van der Waals surface area contributed by atoms with Crippen molar-refractivity contribution < 1.29 is 14.7 Å². The minimum atomic E-state index is -1.44. The van der Waals surface area contributed by atoms with Crippen molar-refractivity contribution in [3.05, 3.63) is 30.3 Å². The van der Waals surface area contributed by atoms with E-state index in [0.29, 0.717) is 5.69 Å². The number of nitrogens with one attached hydrogen (secondary N) is 1. The Hall–Kier alpha value is -1.88. The molecule has 1 aromatic carbocycles. The first-order chi connectivity index (χ1) is 7.09. The summed E-state index contributed by atoms with van der Waals surface area (Å²) in [5, 5.41) is 11.6. The second-order valence-electron chi connectivity index (χ2n) is 3.04. The SMILES string of the molecule is NC(=O)C(O)CC(=O)Nc1ccccc1. The number of carbonyl (C=O) groups is 2. The summed E-state index contributed by atoms with van der Waals surface area (Å²) in [6.07, 6.45) is -1.77. The predicted molar refractivity (Wildman–Crippen MR) is 54.9 cm³/mol. The summed E-state index contributed by atoms with van der Waals surface area (Å²) in [5.74, 6) is -1.36. The summed E-state index contributed by atoms with van der Waals surface area (Å²) in [4.78, 5) is 21.7. The lowest BCUT2D eigenvalue weighted by molar-refractivity contribution is -0.130. The predicted octanol–water partition coefficient (Wildman–Crippen LogP) is -0.139. The number of benzene rings is 1. The molecule has 0 spiro atoms. The van der Waals surface area contributed by atoms with Crippen LogP contribution in [0, 0.1) is 0 Å². The zero-order chi connectivity index (χ0) is 11.3. The number of anilines is 1. The number of aliphatic hydroxyl groups excluding tert-OH is 1. The van der Waals surface area contributed by atoms with Gasteiger partial charge in [0.25, 0.3) is 0 Å². The van der Waals surface area contributed by atoms with E-state index in [-0.39, 0.29) is 6.42 Å². The Kier molecular flexibility index (Phi) is 3.82. The highest BCUT2D eigenvalue weighted by Gasteiger charge is 2.15. The van der Waals surface area contributed by atoms with E-state index in [4.69, 9.17) is 10.8 Å². The third-order valence-corrected chi connectivity index (χ3v) is 1.76. The molecule has 0 radical (unpaired) electrons. The van der Waals surface area contributed by atoms with E-state index in [1.807, 2.05) is 6.07 Å². The van der Waals surface area contributed by atoms with Crippen LogP contribution in [0.5, 0.6) is 0 Å². The van der Waals surface area contributed by atoms with Gasteiger partial charge in [0.2, 0.25) is 11.8 Å². The van der Waals surface area contributed by atoms with Gasteiger partial charge in [0.1, 0.15) is 6.10 Å².